The third-order valence-corrected chi connectivity index (χ3v) is 5.68. The van der Waals surface area contributed by atoms with Crippen molar-refractivity contribution in [1.29, 1.82) is 0 Å². The second kappa shape index (κ2) is 12.6. The van der Waals surface area contributed by atoms with Gasteiger partial charge in [-0.2, -0.15) is 0 Å². The van der Waals surface area contributed by atoms with Gasteiger partial charge in [-0.1, -0.05) is 30.7 Å². The van der Waals surface area contributed by atoms with E-state index in [1.54, 1.807) is 0 Å². The first-order chi connectivity index (χ1) is 13.2. The lowest BCUT2D eigenvalue weighted by molar-refractivity contribution is 0.120. The molecule has 2 fully saturated rings. The Hall–Kier alpha value is -0.860. The lowest BCUT2D eigenvalue weighted by Crippen LogP contribution is -2.45. The number of likely N-dealkylation sites (tertiary alicyclic amines) is 1. The molecule has 0 radical (unpaired) electrons. The summed E-state index contributed by atoms with van der Waals surface area (Å²) in [6.07, 6.45) is 7.74. The summed E-state index contributed by atoms with van der Waals surface area (Å²) >= 11 is 0. The van der Waals surface area contributed by atoms with E-state index in [2.05, 4.69) is 46.7 Å². The zero-order valence-electron chi connectivity index (χ0n) is 17.2. The average molecular weight is 500 g/mol. The zero-order chi connectivity index (χ0) is 18.9. The van der Waals surface area contributed by atoms with E-state index in [4.69, 9.17) is 4.99 Å². The minimum atomic E-state index is -0.119. The van der Waals surface area contributed by atoms with Gasteiger partial charge in [0.1, 0.15) is 0 Å². The largest absolute Gasteiger partial charge is 0.393 e. The molecule has 1 aromatic rings. The van der Waals surface area contributed by atoms with E-state index in [0.29, 0.717) is 12.6 Å². The molecule has 0 bridgehead atoms. The Morgan fingerprint density at radius 2 is 1.68 bits per heavy atom. The van der Waals surface area contributed by atoms with E-state index >= 15 is 0 Å². The molecule has 3 rings (SSSR count). The summed E-state index contributed by atoms with van der Waals surface area (Å²) in [5.41, 5.74) is 2.64. The van der Waals surface area contributed by atoms with Gasteiger partial charge in [-0.25, -0.2) is 4.99 Å². The molecule has 5 nitrogen and oxygen atoms in total. The summed E-state index contributed by atoms with van der Waals surface area (Å²) in [5, 5.41) is 16.5. The lowest BCUT2D eigenvalue weighted by atomic mass is 9.93. The van der Waals surface area contributed by atoms with Gasteiger partial charge in [0.25, 0.3) is 0 Å². The molecule has 0 spiro atoms. The van der Waals surface area contributed by atoms with E-state index in [1.807, 2.05) is 0 Å². The molecule has 1 aliphatic carbocycles. The maximum Gasteiger partial charge on any atom is 0.191 e. The number of halogens is 1. The number of hydrogen-bond donors (Lipinski definition) is 3. The molecule has 28 heavy (non-hydrogen) atoms. The van der Waals surface area contributed by atoms with Crippen molar-refractivity contribution >= 4 is 29.9 Å². The number of piperidine rings is 1. The van der Waals surface area contributed by atoms with Gasteiger partial charge in [-0.15, -0.1) is 24.0 Å². The maximum atomic E-state index is 9.67. The van der Waals surface area contributed by atoms with Crippen molar-refractivity contribution in [2.45, 2.75) is 77.1 Å². The summed E-state index contributed by atoms with van der Waals surface area (Å²) in [6, 6.07) is 9.34. The number of aliphatic imine (C=N–C) groups is 1. The van der Waals surface area contributed by atoms with Crippen LogP contribution in [-0.2, 0) is 13.1 Å². The first-order valence-corrected chi connectivity index (χ1v) is 10.8. The van der Waals surface area contributed by atoms with Crippen molar-refractivity contribution < 1.29 is 5.11 Å². The van der Waals surface area contributed by atoms with Gasteiger partial charge in [0.05, 0.1) is 12.6 Å². The molecule has 0 amide bonds. The molecule has 0 unspecified atom stereocenters. The number of nitrogens with zero attached hydrogens (tertiary/aromatic N) is 2. The topological polar surface area (TPSA) is 59.9 Å². The average Bonchev–Trinajstić information content (AvgIpc) is 2.70. The third kappa shape index (κ3) is 7.87. The number of nitrogens with one attached hydrogen (secondary N) is 2. The fourth-order valence-corrected chi connectivity index (χ4v) is 4.03. The Balaban J connectivity index is 0.00000280. The van der Waals surface area contributed by atoms with Crippen LogP contribution in [0.1, 0.15) is 63.0 Å². The van der Waals surface area contributed by atoms with Crippen molar-refractivity contribution in [2.24, 2.45) is 4.99 Å². The molecule has 3 N–H and O–H groups in total. The molecule has 0 aromatic heterocycles. The van der Waals surface area contributed by atoms with Gasteiger partial charge in [-0.3, -0.25) is 4.90 Å². The van der Waals surface area contributed by atoms with Crippen LogP contribution in [0, 0.1) is 0 Å². The third-order valence-electron chi connectivity index (χ3n) is 5.68. The van der Waals surface area contributed by atoms with Crippen LogP contribution in [-0.4, -0.2) is 47.7 Å². The summed E-state index contributed by atoms with van der Waals surface area (Å²) < 4.78 is 0. The molecule has 158 valence electrons. The standard InChI is InChI=1S/C22H36N4O.HI/c1-2-23-22(25-20-10-12-21(27)13-11-20)24-16-18-6-8-19(9-7-18)17-26-14-4-3-5-15-26;/h6-9,20-21,27H,2-5,10-17H2,1H3,(H2,23,24,25);1H. The van der Waals surface area contributed by atoms with Gasteiger partial charge < -0.3 is 15.7 Å². The van der Waals surface area contributed by atoms with Crippen LogP contribution in [0.15, 0.2) is 29.3 Å². The van der Waals surface area contributed by atoms with E-state index in [9.17, 15) is 5.11 Å². The quantitative estimate of drug-likeness (QED) is 0.317. The minimum absolute atomic E-state index is 0. The number of hydrogen-bond acceptors (Lipinski definition) is 3. The molecule has 2 aliphatic rings. The first-order valence-electron chi connectivity index (χ1n) is 10.8. The minimum Gasteiger partial charge on any atom is -0.393 e. The monoisotopic (exact) mass is 500 g/mol. The van der Waals surface area contributed by atoms with Crippen LogP contribution in [0.5, 0.6) is 0 Å². The Bertz CT molecular complexity index is 579. The predicted octanol–water partition coefficient (Wildman–Crippen LogP) is 3.65. The summed E-state index contributed by atoms with van der Waals surface area (Å²) in [5.74, 6) is 0.885. The molecule has 1 saturated carbocycles. The maximum absolute atomic E-state index is 9.67. The highest BCUT2D eigenvalue weighted by Crippen LogP contribution is 2.18. The van der Waals surface area contributed by atoms with Crippen LogP contribution in [0.3, 0.4) is 0 Å². The van der Waals surface area contributed by atoms with Gasteiger partial charge in [0, 0.05) is 19.1 Å². The zero-order valence-corrected chi connectivity index (χ0v) is 19.5. The van der Waals surface area contributed by atoms with Crippen LogP contribution in [0.2, 0.25) is 0 Å². The van der Waals surface area contributed by atoms with Crippen LogP contribution in [0.25, 0.3) is 0 Å². The number of guanidine groups is 1. The number of benzene rings is 1. The molecule has 0 atom stereocenters. The summed E-state index contributed by atoms with van der Waals surface area (Å²) in [6.45, 7) is 7.19. The van der Waals surface area contributed by atoms with E-state index < -0.39 is 0 Å². The Morgan fingerprint density at radius 3 is 2.32 bits per heavy atom. The number of aliphatic hydroxyl groups is 1. The molecule has 6 heteroatoms. The molecule has 1 heterocycles. The summed E-state index contributed by atoms with van der Waals surface area (Å²) in [7, 11) is 0. The summed E-state index contributed by atoms with van der Waals surface area (Å²) in [4.78, 5) is 7.32. The normalized spacial score (nSPS) is 23.7. The molecule has 1 saturated heterocycles. The Morgan fingerprint density at radius 1 is 1.04 bits per heavy atom. The number of aliphatic hydroxyl groups excluding tert-OH is 1. The fourth-order valence-electron chi connectivity index (χ4n) is 4.03. The predicted molar refractivity (Wildman–Crippen MR) is 127 cm³/mol. The second-order valence-electron chi connectivity index (χ2n) is 8.00. The highest BCUT2D eigenvalue weighted by molar-refractivity contribution is 14.0. The lowest BCUT2D eigenvalue weighted by Gasteiger charge is -2.27. The van der Waals surface area contributed by atoms with Crippen LogP contribution >= 0.6 is 24.0 Å². The van der Waals surface area contributed by atoms with Crippen molar-refractivity contribution in [3.63, 3.8) is 0 Å². The van der Waals surface area contributed by atoms with E-state index in [-0.39, 0.29) is 30.1 Å². The number of rotatable bonds is 6. The van der Waals surface area contributed by atoms with Gasteiger partial charge >= 0.3 is 0 Å². The van der Waals surface area contributed by atoms with Gasteiger partial charge in [-0.05, 0) is 69.7 Å². The van der Waals surface area contributed by atoms with Crippen molar-refractivity contribution in [1.82, 2.24) is 15.5 Å². The SMILES string of the molecule is CCNC(=NCc1ccc(CN2CCCCC2)cc1)NC1CCC(O)CC1.I. The fraction of sp³-hybridized carbons (Fsp3) is 0.682. The van der Waals surface area contributed by atoms with Crippen molar-refractivity contribution in [3.05, 3.63) is 35.4 Å². The van der Waals surface area contributed by atoms with Crippen molar-refractivity contribution in [3.8, 4) is 0 Å². The smallest absolute Gasteiger partial charge is 0.191 e. The highest BCUT2D eigenvalue weighted by Gasteiger charge is 2.19. The molecular formula is C22H37IN4O. The van der Waals surface area contributed by atoms with E-state index in [1.165, 1.54) is 43.5 Å². The highest BCUT2D eigenvalue weighted by atomic mass is 127. The van der Waals surface area contributed by atoms with Gasteiger partial charge in [0.15, 0.2) is 5.96 Å². The Kier molecular flexibility index (Phi) is 10.6. The van der Waals surface area contributed by atoms with Gasteiger partial charge in [0.2, 0.25) is 0 Å². The Labute approximate surface area is 187 Å². The first kappa shape index (κ1) is 23.4. The van der Waals surface area contributed by atoms with Crippen LogP contribution in [0.4, 0.5) is 0 Å². The molecular weight excluding hydrogens is 463 g/mol. The van der Waals surface area contributed by atoms with E-state index in [0.717, 1.165) is 44.7 Å². The van der Waals surface area contributed by atoms with Crippen LogP contribution < -0.4 is 10.6 Å². The van der Waals surface area contributed by atoms with Crippen molar-refractivity contribution in [2.75, 3.05) is 19.6 Å². The second-order valence-corrected chi connectivity index (χ2v) is 8.00. The molecule has 1 aromatic carbocycles. The molecule has 1 aliphatic heterocycles.